The Morgan fingerprint density at radius 1 is 1.08 bits per heavy atom. The summed E-state index contributed by atoms with van der Waals surface area (Å²) in [5.41, 5.74) is 11.5. The van der Waals surface area contributed by atoms with Crippen molar-refractivity contribution in [1.29, 1.82) is 0 Å². The number of anilines is 2. The second-order valence-corrected chi connectivity index (χ2v) is 5.71. The van der Waals surface area contributed by atoms with Crippen molar-refractivity contribution in [1.82, 2.24) is 20.4 Å². The maximum atomic E-state index is 12.0. The third kappa shape index (κ3) is 4.21. The first-order valence-electron chi connectivity index (χ1n) is 7.15. The largest absolute Gasteiger partial charge is 0.437 e. The molecule has 0 aliphatic rings. The summed E-state index contributed by atoms with van der Waals surface area (Å²) in [5, 5.41) is 0. The summed E-state index contributed by atoms with van der Waals surface area (Å²) in [4.78, 5) is 23.9. The molecule has 4 N–H and O–H groups in total. The van der Waals surface area contributed by atoms with E-state index < -0.39 is 5.91 Å². The number of pyridine rings is 1. The summed E-state index contributed by atoms with van der Waals surface area (Å²) < 4.78 is 6.56. The van der Waals surface area contributed by atoms with E-state index in [4.69, 9.17) is 10.5 Å². The lowest BCUT2D eigenvalue weighted by Crippen LogP contribution is -2.30. The van der Waals surface area contributed by atoms with Crippen LogP contribution >= 0.6 is 15.9 Å². The van der Waals surface area contributed by atoms with Gasteiger partial charge in [-0.15, -0.1) is 0 Å². The van der Waals surface area contributed by atoms with Crippen LogP contribution in [0, 0.1) is 0 Å². The van der Waals surface area contributed by atoms with Gasteiger partial charge in [0.25, 0.3) is 5.91 Å². The van der Waals surface area contributed by atoms with Crippen LogP contribution in [0.25, 0.3) is 0 Å². The smallest absolute Gasteiger partial charge is 0.288 e. The van der Waals surface area contributed by atoms with Crippen molar-refractivity contribution in [2.75, 3.05) is 11.2 Å². The lowest BCUT2D eigenvalue weighted by molar-refractivity contribution is 0.0957. The highest BCUT2D eigenvalue weighted by Crippen LogP contribution is 2.29. The van der Waals surface area contributed by atoms with Crippen molar-refractivity contribution in [2.24, 2.45) is 0 Å². The number of hydrogen-bond donors (Lipinski definition) is 3. The van der Waals surface area contributed by atoms with Crippen LogP contribution < -0.4 is 21.3 Å². The van der Waals surface area contributed by atoms with Crippen LogP contribution in [0.15, 0.2) is 59.5 Å². The number of aromatic nitrogens is 3. The van der Waals surface area contributed by atoms with Crippen LogP contribution in [0.4, 0.5) is 11.5 Å². The summed E-state index contributed by atoms with van der Waals surface area (Å²) >= 11 is 3.35. The molecule has 0 aliphatic carbocycles. The topological polar surface area (TPSA) is 115 Å². The number of carbonyl (C=O) groups is 1. The quantitative estimate of drug-likeness (QED) is 0.563. The molecule has 2 aromatic heterocycles. The zero-order valence-electron chi connectivity index (χ0n) is 12.8. The molecule has 126 valence electrons. The number of amides is 1. The fraction of sp³-hybridized carbons (Fsp3) is 0. The van der Waals surface area contributed by atoms with Crippen molar-refractivity contribution in [3.8, 4) is 11.6 Å². The van der Waals surface area contributed by atoms with Gasteiger partial charge in [0.1, 0.15) is 23.5 Å². The molecule has 0 fully saturated rings. The minimum Gasteiger partial charge on any atom is -0.437 e. The number of halogens is 1. The van der Waals surface area contributed by atoms with Gasteiger partial charge in [-0.3, -0.25) is 20.6 Å². The van der Waals surface area contributed by atoms with Gasteiger partial charge in [0.2, 0.25) is 5.88 Å². The third-order valence-electron chi connectivity index (χ3n) is 3.07. The molecule has 9 heteroatoms. The van der Waals surface area contributed by atoms with Crippen molar-refractivity contribution in [2.45, 2.75) is 0 Å². The van der Waals surface area contributed by atoms with E-state index in [1.807, 2.05) is 12.1 Å². The molecule has 0 spiro atoms. The molecule has 0 bridgehead atoms. The zero-order chi connectivity index (χ0) is 17.6. The Morgan fingerprint density at radius 3 is 2.60 bits per heavy atom. The molecule has 25 heavy (non-hydrogen) atoms. The minimum atomic E-state index is -0.422. The van der Waals surface area contributed by atoms with Crippen LogP contribution in [0.5, 0.6) is 11.6 Å². The standard InChI is InChI=1S/C16H13BrN6O2/c17-10-4-6-11(7-5-10)25-16-13(18)14(20-9-21-16)22-23-15(24)12-3-1-2-8-19-12/h1-9H,18H2,(H,23,24)(H,20,21,22). The normalized spacial score (nSPS) is 10.1. The fourth-order valence-corrected chi connectivity index (χ4v) is 2.12. The summed E-state index contributed by atoms with van der Waals surface area (Å²) in [7, 11) is 0. The molecule has 1 amide bonds. The number of nitrogens with zero attached hydrogens (tertiary/aromatic N) is 3. The maximum Gasteiger partial charge on any atom is 0.288 e. The lowest BCUT2D eigenvalue weighted by Gasteiger charge is -2.12. The number of ether oxygens (including phenoxy) is 1. The molecular formula is C16H13BrN6O2. The van der Waals surface area contributed by atoms with E-state index in [-0.39, 0.29) is 23.1 Å². The maximum absolute atomic E-state index is 12.0. The Kier molecular flexibility index (Phi) is 5.05. The third-order valence-corrected chi connectivity index (χ3v) is 3.60. The summed E-state index contributed by atoms with van der Waals surface area (Å²) in [6.45, 7) is 0. The first kappa shape index (κ1) is 16.7. The highest BCUT2D eigenvalue weighted by Gasteiger charge is 2.12. The lowest BCUT2D eigenvalue weighted by atomic mass is 10.3. The first-order chi connectivity index (χ1) is 12.1. The number of hydrazine groups is 1. The zero-order valence-corrected chi connectivity index (χ0v) is 14.4. The van der Waals surface area contributed by atoms with Gasteiger partial charge in [-0.2, -0.15) is 4.98 Å². The van der Waals surface area contributed by atoms with Gasteiger partial charge < -0.3 is 10.5 Å². The molecule has 0 unspecified atom stereocenters. The highest BCUT2D eigenvalue weighted by molar-refractivity contribution is 9.10. The second kappa shape index (κ2) is 7.58. The van der Waals surface area contributed by atoms with E-state index in [1.54, 1.807) is 30.3 Å². The van der Waals surface area contributed by atoms with Crippen LogP contribution in [0.1, 0.15) is 10.5 Å². The average Bonchev–Trinajstić information content (AvgIpc) is 2.64. The predicted octanol–water partition coefficient (Wildman–Crippen LogP) is 2.77. The van der Waals surface area contributed by atoms with Crippen LogP contribution in [0.3, 0.4) is 0 Å². The van der Waals surface area contributed by atoms with E-state index >= 15 is 0 Å². The molecule has 0 radical (unpaired) electrons. The monoisotopic (exact) mass is 400 g/mol. The SMILES string of the molecule is Nc1c(NNC(=O)c2ccccn2)ncnc1Oc1ccc(Br)cc1. The fourth-order valence-electron chi connectivity index (χ4n) is 1.85. The molecule has 0 saturated carbocycles. The van der Waals surface area contributed by atoms with Gasteiger partial charge in [-0.1, -0.05) is 22.0 Å². The number of benzene rings is 1. The van der Waals surface area contributed by atoms with Gasteiger partial charge in [-0.05, 0) is 36.4 Å². The Bertz CT molecular complexity index is 874. The molecule has 2 heterocycles. The molecule has 8 nitrogen and oxygen atoms in total. The number of rotatable bonds is 5. The molecule has 0 saturated heterocycles. The van der Waals surface area contributed by atoms with E-state index in [2.05, 4.69) is 41.7 Å². The van der Waals surface area contributed by atoms with Gasteiger partial charge >= 0.3 is 0 Å². The van der Waals surface area contributed by atoms with Gasteiger partial charge in [0.15, 0.2) is 5.82 Å². The average molecular weight is 401 g/mol. The Hall–Kier alpha value is -3.20. The van der Waals surface area contributed by atoms with Crippen molar-refractivity contribution in [3.05, 3.63) is 65.2 Å². The first-order valence-corrected chi connectivity index (χ1v) is 7.94. The predicted molar refractivity (Wildman–Crippen MR) is 96.0 cm³/mol. The molecule has 3 rings (SSSR count). The number of nitrogen functional groups attached to an aromatic ring is 1. The highest BCUT2D eigenvalue weighted by atomic mass is 79.9. The summed E-state index contributed by atoms with van der Waals surface area (Å²) in [6, 6.07) is 12.2. The molecule has 1 aromatic carbocycles. The van der Waals surface area contributed by atoms with E-state index in [0.29, 0.717) is 5.75 Å². The minimum absolute atomic E-state index is 0.159. The number of carbonyl (C=O) groups excluding carboxylic acids is 1. The molecular weight excluding hydrogens is 388 g/mol. The Labute approximate surface area is 151 Å². The number of nitrogens with two attached hydrogens (primary N) is 1. The van der Waals surface area contributed by atoms with Crippen LogP contribution in [-0.2, 0) is 0 Å². The number of hydrogen-bond acceptors (Lipinski definition) is 7. The molecule has 0 atom stereocenters. The summed E-state index contributed by atoms with van der Waals surface area (Å²) in [6.07, 6.45) is 2.80. The Morgan fingerprint density at radius 2 is 1.88 bits per heavy atom. The summed E-state index contributed by atoms with van der Waals surface area (Å²) in [5.74, 6) is 0.532. The van der Waals surface area contributed by atoms with Gasteiger partial charge in [0.05, 0.1) is 0 Å². The van der Waals surface area contributed by atoms with E-state index in [9.17, 15) is 4.79 Å². The van der Waals surface area contributed by atoms with Gasteiger partial charge in [-0.25, -0.2) is 4.98 Å². The number of nitrogens with one attached hydrogen (secondary N) is 2. The molecule has 3 aromatic rings. The Balaban J connectivity index is 1.70. The van der Waals surface area contributed by atoms with Crippen LogP contribution in [-0.4, -0.2) is 20.9 Å². The molecule has 0 aliphatic heterocycles. The van der Waals surface area contributed by atoms with Gasteiger partial charge in [0, 0.05) is 10.7 Å². The van der Waals surface area contributed by atoms with E-state index in [0.717, 1.165) is 4.47 Å². The van der Waals surface area contributed by atoms with E-state index in [1.165, 1.54) is 12.5 Å². The van der Waals surface area contributed by atoms with Crippen LogP contribution in [0.2, 0.25) is 0 Å². The van der Waals surface area contributed by atoms with Crippen molar-refractivity contribution in [3.63, 3.8) is 0 Å². The second-order valence-electron chi connectivity index (χ2n) is 4.79. The van der Waals surface area contributed by atoms with Crippen molar-refractivity contribution >= 4 is 33.3 Å². The van der Waals surface area contributed by atoms with Crippen molar-refractivity contribution < 1.29 is 9.53 Å².